The van der Waals surface area contributed by atoms with Crippen molar-refractivity contribution in [2.24, 2.45) is 0 Å². The van der Waals surface area contributed by atoms with Crippen LogP contribution in [0.25, 0.3) is 0 Å². The molecule has 0 saturated carbocycles. The van der Waals surface area contributed by atoms with Gasteiger partial charge in [0.1, 0.15) is 11.9 Å². The molecule has 0 amide bonds. The number of piperidine rings is 1. The summed E-state index contributed by atoms with van der Waals surface area (Å²) in [7, 11) is 0. The van der Waals surface area contributed by atoms with Gasteiger partial charge < -0.3 is 15.3 Å². The Kier molecular flexibility index (Phi) is 2.11. The minimum atomic E-state index is -1.12. The van der Waals surface area contributed by atoms with E-state index in [4.69, 9.17) is 0 Å². The van der Waals surface area contributed by atoms with Crippen LogP contribution in [-0.4, -0.2) is 63.4 Å². The molecule has 0 bridgehead atoms. The fourth-order valence-electron chi connectivity index (χ4n) is 2.11. The second kappa shape index (κ2) is 3.02. The van der Waals surface area contributed by atoms with Gasteiger partial charge in [-0.15, -0.1) is 0 Å². The average Bonchev–Trinajstić information content (AvgIpc) is 2.42. The number of carbonyl (C=O) groups excluding carboxylic acids is 1. The van der Waals surface area contributed by atoms with Crippen molar-refractivity contribution in [1.29, 1.82) is 0 Å². The van der Waals surface area contributed by atoms with Crippen LogP contribution in [-0.2, 0) is 4.79 Å². The van der Waals surface area contributed by atoms with Crippen molar-refractivity contribution in [2.75, 3.05) is 13.1 Å². The first-order valence-corrected chi connectivity index (χ1v) is 4.39. The Morgan fingerprint density at radius 2 is 1.92 bits per heavy atom. The molecule has 2 fully saturated rings. The van der Waals surface area contributed by atoms with Crippen LogP contribution in [0.15, 0.2) is 0 Å². The number of hydrogen-bond donors (Lipinski definition) is 3. The molecule has 2 saturated heterocycles. The van der Waals surface area contributed by atoms with Crippen LogP contribution >= 0.6 is 0 Å². The minimum absolute atomic E-state index is 0.0605. The zero-order chi connectivity index (χ0) is 9.59. The molecule has 2 aliphatic heterocycles. The third-order valence-corrected chi connectivity index (χ3v) is 2.85. The average molecular weight is 187 g/mol. The van der Waals surface area contributed by atoms with E-state index in [1.807, 2.05) is 0 Å². The summed E-state index contributed by atoms with van der Waals surface area (Å²) in [5, 5.41) is 28.2. The van der Waals surface area contributed by atoms with Crippen LogP contribution in [0.5, 0.6) is 0 Å². The predicted octanol–water partition coefficient (Wildman–Crippen LogP) is -2.27. The molecule has 2 aliphatic rings. The molecule has 0 aromatic carbocycles. The molecule has 0 radical (unpaired) electrons. The Bertz CT molecular complexity index is 232. The van der Waals surface area contributed by atoms with Gasteiger partial charge in [0.25, 0.3) is 0 Å². The van der Waals surface area contributed by atoms with Crippen LogP contribution in [0, 0.1) is 0 Å². The SMILES string of the molecule is O=C1CC2C(O)C(O)C(O)CN2C1. The van der Waals surface area contributed by atoms with Gasteiger partial charge in [0.2, 0.25) is 0 Å². The van der Waals surface area contributed by atoms with Crippen molar-refractivity contribution in [2.45, 2.75) is 30.8 Å². The number of aliphatic hydroxyl groups is 3. The van der Waals surface area contributed by atoms with Gasteiger partial charge in [-0.25, -0.2) is 0 Å². The van der Waals surface area contributed by atoms with Gasteiger partial charge in [-0.2, -0.15) is 0 Å². The Hall–Kier alpha value is -0.490. The number of ketones is 1. The smallest absolute Gasteiger partial charge is 0.148 e. The van der Waals surface area contributed by atoms with Gasteiger partial charge in [-0.1, -0.05) is 0 Å². The molecule has 4 unspecified atom stereocenters. The second-order valence-corrected chi connectivity index (χ2v) is 3.79. The third kappa shape index (κ3) is 1.38. The summed E-state index contributed by atoms with van der Waals surface area (Å²) in [5.41, 5.74) is 0. The van der Waals surface area contributed by atoms with E-state index in [0.717, 1.165) is 0 Å². The fourth-order valence-corrected chi connectivity index (χ4v) is 2.11. The van der Waals surface area contributed by atoms with Crippen molar-refractivity contribution in [3.05, 3.63) is 0 Å². The summed E-state index contributed by atoms with van der Waals surface area (Å²) in [5.74, 6) is 0.0605. The number of carbonyl (C=O) groups is 1. The van der Waals surface area contributed by atoms with Crippen LogP contribution in [0.4, 0.5) is 0 Å². The summed E-state index contributed by atoms with van der Waals surface area (Å²) in [6.07, 6.45) is -2.79. The van der Waals surface area contributed by atoms with Crippen molar-refractivity contribution in [3.8, 4) is 0 Å². The van der Waals surface area contributed by atoms with Gasteiger partial charge in [0, 0.05) is 19.0 Å². The largest absolute Gasteiger partial charge is 0.389 e. The lowest BCUT2D eigenvalue weighted by Crippen LogP contribution is -2.58. The van der Waals surface area contributed by atoms with Gasteiger partial charge in [0.15, 0.2) is 0 Å². The molecule has 5 nitrogen and oxygen atoms in total. The maximum absolute atomic E-state index is 11.1. The van der Waals surface area contributed by atoms with E-state index >= 15 is 0 Å². The molecule has 3 N–H and O–H groups in total. The standard InChI is InChI=1S/C8H13NO4/c10-4-1-5-7(12)8(13)6(11)3-9(5)2-4/h5-8,11-13H,1-3H2. The molecule has 4 atom stereocenters. The quantitative estimate of drug-likeness (QED) is 0.398. The molecular weight excluding hydrogens is 174 g/mol. The molecule has 2 rings (SSSR count). The molecule has 0 aliphatic carbocycles. The Labute approximate surface area is 75.6 Å². The van der Waals surface area contributed by atoms with Crippen molar-refractivity contribution in [3.63, 3.8) is 0 Å². The highest BCUT2D eigenvalue weighted by molar-refractivity contribution is 5.83. The number of hydrogen-bond acceptors (Lipinski definition) is 5. The fraction of sp³-hybridized carbons (Fsp3) is 0.875. The topological polar surface area (TPSA) is 81.0 Å². The number of Topliss-reactive ketones (excluding diaryl/α,β-unsaturated/α-hetero) is 1. The summed E-state index contributed by atoms with van der Waals surface area (Å²) in [6.45, 7) is 0.556. The number of fused-ring (bicyclic) bond motifs is 1. The van der Waals surface area contributed by atoms with Crippen molar-refractivity contribution < 1.29 is 20.1 Å². The highest BCUT2D eigenvalue weighted by Crippen LogP contribution is 2.25. The molecule has 0 aromatic rings. The molecule has 0 aromatic heterocycles. The number of aliphatic hydroxyl groups excluding tert-OH is 3. The van der Waals surface area contributed by atoms with Crippen molar-refractivity contribution in [1.82, 2.24) is 4.90 Å². The van der Waals surface area contributed by atoms with E-state index in [1.165, 1.54) is 0 Å². The van der Waals surface area contributed by atoms with Crippen molar-refractivity contribution >= 4 is 5.78 Å². The van der Waals surface area contributed by atoms with Gasteiger partial charge >= 0.3 is 0 Å². The van der Waals surface area contributed by atoms with E-state index in [1.54, 1.807) is 4.90 Å². The molecule has 0 spiro atoms. The summed E-state index contributed by atoms with van der Waals surface area (Å²) in [6, 6.07) is -0.300. The van der Waals surface area contributed by atoms with Crippen LogP contribution in [0.2, 0.25) is 0 Å². The van der Waals surface area contributed by atoms with Crippen LogP contribution in [0.3, 0.4) is 0 Å². The zero-order valence-corrected chi connectivity index (χ0v) is 7.13. The minimum Gasteiger partial charge on any atom is -0.389 e. The van der Waals surface area contributed by atoms with E-state index in [-0.39, 0.29) is 31.3 Å². The molecule has 13 heavy (non-hydrogen) atoms. The van der Waals surface area contributed by atoms with Gasteiger partial charge in [-0.3, -0.25) is 9.69 Å². The van der Waals surface area contributed by atoms with Crippen LogP contribution in [0.1, 0.15) is 6.42 Å². The molecule has 5 heteroatoms. The molecular formula is C8H13NO4. The zero-order valence-electron chi connectivity index (χ0n) is 7.13. The first-order valence-electron chi connectivity index (χ1n) is 4.39. The lowest BCUT2D eigenvalue weighted by Gasteiger charge is -2.39. The summed E-state index contributed by atoms with van der Waals surface area (Å²) < 4.78 is 0. The Morgan fingerprint density at radius 3 is 2.62 bits per heavy atom. The lowest BCUT2D eigenvalue weighted by molar-refractivity contribution is -0.127. The second-order valence-electron chi connectivity index (χ2n) is 3.79. The van der Waals surface area contributed by atoms with Gasteiger partial charge in [-0.05, 0) is 0 Å². The van der Waals surface area contributed by atoms with E-state index in [9.17, 15) is 20.1 Å². The summed E-state index contributed by atoms with van der Waals surface area (Å²) in [4.78, 5) is 12.8. The van der Waals surface area contributed by atoms with E-state index in [0.29, 0.717) is 0 Å². The Morgan fingerprint density at radius 1 is 1.23 bits per heavy atom. The molecule has 74 valence electrons. The normalized spacial score (nSPS) is 46.5. The third-order valence-electron chi connectivity index (χ3n) is 2.85. The maximum Gasteiger partial charge on any atom is 0.148 e. The number of rotatable bonds is 0. The van der Waals surface area contributed by atoms with E-state index < -0.39 is 18.3 Å². The van der Waals surface area contributed by atoms with E-state index in [2.05, 4.69) is 0 Å². The highest BCUT2D eigenvalue weighted by atomic mass is 16.4. The Balaban J connectivity index is 2.15. The predicted molar refractivity (Wildman–Crippen MR) is 43.0 cm³/mol. The number of nitrogens with zero attached hydrogens (tertiary/aromatic N) is 1. The molecule has 2 heterocycles. The lowest BCUT2D eigenvalue weighted by atomic mass is 9.94. The van der Waals surface area contributed by atoms with Gasteiger partial charge in [0.05, 0.1) is 18.8 Å². The maximum atomic E-state index is 11.1. The first-order chi connectivity index (χ1) is 6.09. The monoisotopic (exact) mass is 187 g/mol. The first kappa shape index (κ1) is 9.08. The highest BCUT2D eigenvalue weighted by Gasteiger charge is 2.45. The van der Waals surface area contributed by atoms with Crippen LogP contribution < -0.4 is 0 Å². The summed E-state index contributed by atoms with van der Waals surface area (Å²) >= 11 is 0.